The Labute approximate surface area is 182 Å². The summed E-state index contributed by atoms with van der Waals surface area (Å²) < 4.78 is 16.6. The molecule has 0 radical (unpaired) electrons. The number of carbonyl (C=O) groups excluding carboxylic acids is 1. The highest BCUT2D eigenvalue weighted by atomic mass is 16.7. The predicted molar refractivity (Wildman–Crippen MR) is 119 cm³/mol. The van der Waals surface area contributed by atoms with Crippen LogP contribution in [-0.4, -0.2) is 30.7 Å². The van der Waals surface area contributed by atoms with Gasteiger partial charge in [-0.05, 0) is 61.5 Å². The smallest absolute Gasteiger partial charge is 0.241 e. The molecule has 1 aliphatic heterocycles. The Morgan fingerprint density at radius 3 is 2.52 bits per heavy atom. The predicted octanol–water partition coefficient (Wildman–Crippen LogP) is 4.45. The van der Waals surface area contributed by atoms with E-state index in [4.69, 9.17) is 14.2 Å². The third-order valence-electron chi connectivity index (χ3n) is 5.28. The van der Waals surface area contributed by atoms with Gasteiger partial charge in [0.05, 0.1) is 6.04 Å². The fraction of sp³-hybridized carbons (Fsp3) is 0.240. The van der Waals surface area contributed by atoms with Gasteiger partial charge in [-0.2, -0.15) is 0 Å². The number of fused-ring (bicyclic) bond motifs is 1. The molecule has 31 heavy (non-hydrogen) atoms. The maximum absolute atomic E-state index is 12.7. The maximum Gasteiger partial charge on any atom is 0.241 e. The van der Waals surface area contributed by atoms with Crippen molar-refractivity contribution in [2.24, 2.45) is 0 Å². The van der Waals surface area contributed by atoms with Gasteiger partial charge < -0.3 is 19.5 Å². The molecule has 0 fully saturated rings. The second-order valence-electron chi connectivity index (χ2n) is 7.57. The van der Waals surface area contributed by atoms with Crippen molar-refractivity contribution in [1.29, 1.82) is 0 Å². The van der Waals surface area contributed by atoms with Crippen LogP contribution in [0.2, 0.25) is 0 Å². The van der Waals surface area contributed by atoms with Crippen LogP contribution in [0.1, 0.15) is 18.1 Å². The molecule has 1 atom stereocenters. The Balaban J connectivity index is 1.28. The molecule has 4 rings (SSSR count). The van der Waals surface area contributed by atoms with Gasteiger partial charge in [-0.3, -0.25) is 9.69 Å². The highest BCUT2D eigenvalue weighted by molar-refractivity contribution is 5.94. The van der Waals surface area contributed by atoms with Gasteiger partial charge in [-0.25, -0.2) is 0 Å². The molecule has 160 valence electrons. The zero-order valence-corrected chi connectivity index (χ0v) is 17.7. The molecule has 0 aliphatic carbocycles. The van der Waals surface area contributed by atoms with Crippen LogP contribution in [0.15, 0.2) is 72.8 Å². The standard InChI is InChI=1S/C25H26N2O4/c1-18(27(2)15-20-8-13-23-24(14-20)31-17-30-23)25(28)26-21-9-11-22(12-10-21)29-16-19-6-4-3-5-7-19/h3-14,18H,15-17H2,1-2H3,(H,26,28)/t18-/m0/s1. The van der Waals surface area contributed by atoms with E-state index in [0.717, 1.165) is 34.1 Å². The molecule has 3 aromatic rings. The number of anilines is 1. The first kappa shape index (κ1) is 20.8. The summed E-state index contributed by atoms with van der Waals surface area (Å²) in [6, 6.07) is 23.0. The van der Waals surface area contributed by atoms with Crippen LogP contribution in [0.4, 0.5) is 5.69 Å². The van der Waals surface area contributed by atoms with Gasteiger partial charge in [0.2, 0.25) is 12.7 Å². The van der Waals surface area contributed by atoms with E-state index < -0.39 is 0 Å². The van der Waals surface area contributed by atoms with Crippen molar-refractivity contribution >= 4 is 11.6 Å². The molecule has 1 heterocycles. The summed E-state index contributed by atoms with van der Waals surface area (Å²) in [7, 11) is 1.93. The van der Waals surface area contributed by atoms with E-state index in [9.17, 15) is 4.79 Å². The second-order valence-corrected chi connectivity index (χ2v) is 7.57. The molecular formula is C25H26N2O4. The summed E-state index contributed by atoms with van der Waals surface area (Å²) >= 11 is 0. The first-order chi connectivity index (χ1) is 15.1. The van der Waals surface area contributed by atoms with Gasteiger partial charge in [-0.1, -0.05) is 36.4 Å². The van der Waals surface area contributed by atoms with Gasteiger partial charge >= 0.3 is 0 Å². The highest BCUT2D eigenvalue weighted by Crippen LogP contribution is 2.32. The zero-order chi connectivity index (χ0) is 21.6. The van der Waals surface area contributed by atoms with E-state index in [1.165, 1.54) is 0 Å². The summed E-state index contributed by atoms with van der Waals surface area (Å²) in [5.74, 6) is 2.20. The minimum Gasteiger partial charge on any atom is -0.489 e. The molecule has 0 bridgehead atoms. The molecule has 1 amide bonds. The first-order valence-corrected chi connectivity index (χ1v) is 10.2. The van der Waals surface area contributed by atoms with Crippen molar-refractivity contribution in [1.82, 2.24) is 4.90 Å². The molecule has 6 heteroatoms. The van der Waals surface area contributed by atoms with Crippen LogP contribution in [0.25, 0.3) is 0 Å². The third-order valence-corrected chi connectivity index (χ3v) is 5.28. The van der Waals surface area contributed by atoms with Crippen LogP contribution in [0, 0.1) is 0 Å². The van der Waals surface area contributed by atoms with E-state index in [1.807, 2.05) is 91.7 Å². The Kier molecular flexibility index (Phi) is 6.38. The molecule has 0 saturated heterocycles. The SMILES string of the molecule is C[C@@H](C(=O)Nc1ccc(OCc2ccccc2)cc1)N(C)Cc1ccc2c(c1)OCO2. The van der Waals surface area contributed by atoms with Crippen molar-refractivity contribution < 1.29 is 19.0 Å². The van der Waals surface area contributed by atoms with Gasteiger partial charge in [0.15, 0.2) is 11.5 Å². The Bertz CT molecular complexity index is 1020. The zero-order valence-electron chi connectivity index (χ0n) is 17.7. The average Bonchev–Trinajstić information content (AvgIpc) is 3.26. The second kappa shape index (κ2) is 9.53. The Morgan fingerprint density at radius 1 is 1.00 bits per heavy atom. The van der Waals surface area contributed by atoms with Gasteiger partial charge in [0.25, 0.3) is 0 Å². The quantitative estimate of drug-likeness (QED) is 0.586. The lowest BCUT2D eigenvalue weighted by Crippen LogP contribution is -2.39. The molecule has 0 unspecified atom stereocenters. The van der Waals surface area contributed by atoms with Gasteiger partial charge in [-0.15, -0.1) is 0 Å². The molecule has 0 aromatic heterocycles. The lowest BCUT2D eigenvalue weighted by atomic mass is 10.1. The molecule has 1 aliphatic rings. The van der Waals surface area contributed by atoms with E-state index in [0.29, 0.717) is 13.2 Å². The molecular weight excluding hydrogens is 392 g/mol. The largest absolute Gasteiger partial charge is 0.489 e. The molecule has 3 aromatic carbocycles. The third kappa shape index (κ3) is 5.35. The van der Waals surface area contributed by atoms with Crippen LogP contribution in [0.5, 0.6) is 17.2 Å². The molecule has 0 saturated carbocycles. The number of rotatable bonds is 8. The number of amides is 1. The van der Waals surface area contributed by atoms with Crippen molar-refractivity contribution in [2.45, 2.75) is 26.1 Å². The van der Waals surface area contributed by atoms with E-state index in [-0.39, 0.29) is 18.7 Å². The number of hydrogen-bond donors (Lipinski definition) is 1. The fourth-order valence-electron chi connectivity index (χ4n) is 3.29. The maximum atomic E-state index is 12.7. The first-order valence-electron chi connectivity index (χ1n) is 10.2. The lowest BCUT2D eigenvalue weighted by molar-refractivity contribution is -0.120. The van der Waals surface area contributed by atoms with Crippen molar-refractivity contribution in [3.05, 3.63) is 83.9 Å². The number of carbonyl (C=O) groups is 1. The van der Waals surface area contributed by atoms with E-state index >= 15 is 0 Å². The highest BCUT2D eigenvalue weighted by Gasteiger charge is 2.20. The number of likely N-dealkylation sites (N-methyl/N-ethyl adjacent to an activating group) is 1. The number of nitrogens with zero attached hydrogens (tertiary/aromatic N) is 1. The number of hydrogen-bond acceptors (Lipinski definition) is 5. The summed E-state index contributed by atoms with van der Waals surface area (Å²) in [5.41, 5.74) is 2.91. The molecule has 1 N–H and O–H groups in total. The summed E-state index contributed by atoms with van der Waals surface area (Å²) in [4.78, 5) is 14.7. The number of nitrogens with one attached hydrogen (secondary N) is 1. The summed E-state index contributed by atoms with van der Waals surface area (Å²) in [6.45, 7) is 3.27. The van der Waals surface area contributed by atoms with Crippen LogP contribution >= 0.6 is 0 Å². The molecule has 0 spiro atoms. The van der Waals surface area contributed by atoms with Crippen molar-refractivity contribution in [3.63, 3.8) is 0 Å². The van der Waals surface area contributed by atoms with Crippen LogP contribution in [0.3, 0.4) is 0 Å². The van der Waals surface area contributed by atoms with Gasteiger partial charge in [0, 0.05) is 12.2 Å². The lowest BCUT2D eigenvalue weighted by Gasteiger charge is -2.24. The minimum atomic E-state index is -0.306. The Hall–Kier alpha value is -3.51. The Morgan fingerprint density at radius 2 is 1.74 bits per heavy atom. The number of benzene rings is 3. The number of ether oxygens (including phenoxy) is 3. The average molecular weight is 418 g/mol. The van der Waals surface area contributed by atoms with Crippen LogP contribution < -0.4 is 19.5 Å². The fourth-order valence-corrected chi connectivity index (χ4v) is 3.29. The van der Waals surface area contributed by atoms with Crippen molar-refractivity contribution in [2.75, 3.05) is 19.2 Å². The van der Waals surface area contributed by atoms with E-state index in [1.54, 1.807) is 0 Å². The summed E-state index contributed by atoms with van der Waals surface area (Å²) in [6.07, 6.45) is 0. The molecule has 6 nitrogen and oxygen atoms in total. The van der Waals surface area contributed by atoms with Crippen molar-refractivity contribution in [3.8, 4) is 17.2 Å². The monoisotopic (exact) mass is 418 g/mol. The summed E-state index contributed by atoms with van der Waals surface area (Å²) in [5, 5.41) is 2.97. The minimum absolute atomic E-state index is 0.0683. The normalized spacial score (nSPS) is 13.1. The topological polar surface area (TPSA) is 60.0 Å². The van der Waals surface area contributed by atoms with Crippen LogP contribution in [-0.2, 0) is 17.9 Å². The van der Waals surface area contributed by atoms with E-state index in [2.05, 4.69) is 5.32 Å². The van der Waals surface area contributed by atoms with Gasteiger partial charge in [0.1, 0.15) is 12.4 Å².